The van der Waals surface area contributed by atoms with E-state index in [0.29, 0.717) is 0 Å². The Bertz CT molecular complexity index is 312. The van der Waals surface area contributed by atoms with Crippen LogP contribution in [0.15, 0.2) is 0 Å². The predicted octanol–water partition coefficient (Wildman–Crippen LogP) is -1.28. The van der Waals surface area contributed by atoms with E-state index in [1.54, 1.807) is 0 Å². The molecular weight excluding hydrogens is 194 g/mol. The summed E-state index contributed by atoms with van der Waals surface area (Å²) in [6.45, 7) is 0. The second-order valence-corrected chi connectivity index (χ2v) is 6.09. The van der Waals surface area contributed by atoms with Crippen molar-refractivity contribution in [3.63, 3.8) is 0 Å². The minimum absolute atomic E-state index is 0.723. The van der Waals surface area contributed by atoms with Gasteiger partial charge in [-0.1, -0.05) is 0 Å². The molecule has 0 aliphatic heterocycles. The van der Waals surface area contributed by atoms with Gasteiger partial charge in [0.15, 0.2) is 5.08 Å². The van der Waals surface area contributed by atoms with E-state index in [4.69, 9.17) is 4.55 Å². The fraction of sp³-hybridized carbons (Fsp3) is 1.00. The van der Waals surface area contributed by atoms with Crippen LogP contribution in [0.25, 0.3) is 0 Å². The molecule has 0 spiro atoms. The molecule has 0 fully saturated rings. The molecule has 0 amide bonds. The van der Waals surface area contributed by atoms with E-state index in [1.165, 1.54) is 14.1 Å². The molecule has 0 atom stereocenters. The highest BCUT2D eigenvalue weighted by Crippen LogP contribution is 1.97. The van der Waals surface area contributed by atoms with Gasteiger partial charge in [0.25, 0.3) is 10.1 Å². The first-order valence-electron chi connectivity index (χ1n) is 2.50. The van der Waals surface area contributed by atoms with Crippen LogP contribution in [0.4, 0.5) is 0 Å². The minimum atomic E-state index is -4.46. The molecule has 0 aliphatic rings. The Morgan fingerprint density at radius 1 is 1.18 bits per heavy atom. The van der Waals surface area contributed by atoms with Gasteiger partial charge >= 0.3 is 0 Å². The van der Waals surface area contributed by atoms with Crippen molar-refractivity contribution in [3.05, 3.63) is 0 Å². The van der Waals surface area contributed by atoms with Crippen LogP contribution in [0.2, 0.25) is 0 Å². The zero-order valence-corrected chi connectivity index (χ0v) is 7.68. The van der Waals surface area contributed by atoms with E-state index in [9.17, 15) is 16.8 Å². The Balaban J connectivity index is 4.68. The number of hydrogen-bond donors (Lipinski definition) is 1. The number of rotatable bonds is 3. The second-order valence-electron chi connectivity index (χ2n) is 2.09. The summed E-state index contributed by atoms with van der Waals surface area (Å²) in [6, 6.07) is 0. The first-order valence-corrected chi connectivity index (χ1v) is 5.72. The van der Waals surface area contributed by atoms with Gasteiger partial charge in [-0.25, -0.2) is 12.7 Å². The van der Waals surface area contributed by atoms with Crippen molar-refractivity contribution in [3.8, 4) is 0 Å². The summed E-state index contributed by atoms with van der Waals surface area (Å²) in [6.07, 6.45) is 0. The molecule has 0 aromatic carbocycles. The Morgan fingerprint density at radius 3 is 1.64 bits per heavy atom. The van der Waals surface area contributed by atoms with Crippen LogP contribution in [0.3, 0.4) is 0 Å². The van der Waals surface area contributed by atoms with Crippen molar-refractivity contribution in [2.24, 2.45) is 0 Å². The van der Waals surface area contributed by atoms with Crippen molar-refractivity contribution in [1.29, 1.82) is 0 Å². The molecule has 68 valence electrons. The van der Waals surface area contributed by atoms with E-state index in [0.717, 1.165) is 4.31 Å². The summed E-state index contributed by atoms with van der Waals surface area (Å²) in [4.78, 5) is 0. The average Bonchev–Trinajstić information content (AvgIpc) is 1.56. The normalized spacial score (nSPS) is 13.8. The zero-order chi connectivity index (χ0) is 9.28. The molecule has 6 nitrogen and oxygen atoms in total. The molecule has 0 aromatic rings. The Hall–Kier alpha value is -0.180. The topological polar surface area (TPSA) is 91.8 Å². The largest absolute Gasteiger partial charge is 0.285 e. The fourth-order valence-corrected chi connectivity index (χ4v) is 2.64. The van der Waals surface area contributed by atoms with Crippen molar-refractivity contribution in [2.45, 2.75) is 0 Å². The Morgan fingerprint density at radius 2 is 1.55 bits per heavy atom. The van der Waals surface area contributed by atoms with Crippen LogP contribution in [0.1, 0.15) is 0 Å². The highest BCUT2D eigenvalue weighted by Gasteiger charge is 2.21. The van der Waals surface area contributed by atoms with Gasteiger partial charge in [-0.15, -0.1) is 0 Å². The smallest absolute Gasteiger partial charge is 0.280 e. The molecule has 11 heavy (non-hydrogen) atoms. The molecule has 0 aliphatic carbocycles. The third kappa shape index (κ3) is 4.30. The maximum Gasteiger partial charge on any atom is 0.280 e. The van der Waals surface area contributed by atoms with Gasteiger partial charge < -0.3 is 0 Å². The zero-order valence-electron chi connectivity index (χ0n) is 6.05. The summed E-state index contributed by atoms with van der Waals surface area (Å²) in [5, 5.41) is -1.27. The molecular formula is C3H9NO5S2. The molecule has 8 heteroatoms. The third-order valence-corrected chi connectivity index (χ3v) is 4.35. The molecule has 1 N–H and O–H groups in total. The minimum Gasteiger partial charge on any atom is -0.285 e. The quantitative estimate of drug-likeness (QED) is 0.577. The highest BCUT2D eigenvalue weighted by atomic mass is 32.3. The van der Waals surface area contributed by atoms with Crippen LogP contribution in [-0.4, -0.2) is 44.9 Å². The molecule has 0 saturated heterocycles. The lowest BCUT2D eigenvalue weighted by Gasteiger charge is -2.08. The lowest BCUT2D eigenvalue weighted by atomic mass is 11.3. The standard InChI is InChI=1S/C3H9NO5S2/c1-4(2)10(5,6)3-11(7,8)9/h3H2,1-2H3,(H,7,8,9). The van der Waals surface area contributed by atoms with Gasteiger partial charge in [0, 0.05) is 14.1 Å². The summed E-state index contributed by atoms with van der Waals surface area (Å²) in [5.41, 5.74) is 0. The van der Waals surface area contributed by atoms with Crippen LogP contribution in [0.5, 0.6) is 0 Å². The van der Waals surface area contributed by atoms with Crippen LogP contribution < -0.4 is 0 Å². The molecule has 0 rings (SSSR count). The lowest BCUT2D eigenvalue weighted by molar-refractivity contribution is 0.482. The third-order valence-electron chi connectivity index (χ3n) is 0.854. The van der Waals surface area contributed by atoms with Gasteiger partial charge in [0.2, 0.25) is 10.0 Å². The molecule has 0 bridgehead atoms. The van der Waals surface area contributed by atoms with Crippen molar-refractivity contribution < 1.29 is 21.4 Å². The Kier molecular flexibility index (Phi) is 3.00. The van der Waals surface area contributed by atoms with Crippen molar-refractivity contribution in [1.82, 2.24) is 4.31 Å². The monoisotopic (exact) mass is 203 g/mol. The van der Waals surface area contributed by atoms with E-state index in [1.807, 2.05) is 0 Å². The van der Waals surface area contributed by atoms with Gasteiger partial charge in [0.1, 0.15) is 0 Å². The van der Waals surface area contributed by atoms with E-state index in [2.05, 4.69) is 0 Å². The predicted molar refractivity (Wildman–Crippen MR) is 39.0 cm³/mol. The summed E-state index contributed by atoms with van der Waals surface area (Å²) in [5.74, 6) is 0. The first-order chi connectivity index (χ1) is 4.65. The second kappa shape index (κ2) is 3.05. The van der Waals surface area contributed by atoms with Gasteiger partial charge in [-0.05, 0) is 0 Å². The fourth-order valence-electron chi connectivity index (χ4n) is 0.294. The lowest BCUT2D eigenvalue weighted by Crippen LogP contribution is -2.28. The Labute approximate surface area is 65.6 Å². The van der Waals surface area contributed by atoms with Gasteiger partial charge in [0.05, 0.1) is 0 Å². The van der Waals surface area contributed by atoms with Crippen LogP contribution in [-0.2, 0) is 20.1 Å². The number of hydrogen-bond acceptors (Lipinski definition) is 4. The van der Waals surface area contributed by atoms with Gasteiger partial charge in [-0.3, -0.25) is 4.55 Å². The molecule has 0 aromatic heterocycles. The summed E-state index contributed by atoms with van der Waals surface area (Å²) < 4.78 is 50.6. The van der Waals surface area contributed by atoms with Crippen molar-refractivity contribution in [2.75, 3.05) is 19.2 Å². The highest BCUT2D eigenvalue weighted by molar-refractivity contribution is 8.04. The SMILES string of the molecule is CN(C)S(=O)(=O)CS(=O)(=O)O. The van der Waals surface area contributed by atoms with E-state index < -0.39 is 25.2 Å². The van der Waals surface area contributed by atoms with Crippen molar-refractivity contribution >= 4 is 20.1 Å². The maximum absolute atomic E-state index is 10.7. The molecule has 0 saturated carbocycles. The van der Waals surface area contributed by atoms with Gasteiger partial charge in [-0.2, -0.15) is 8.42 Å². The number of sulfonamides is 1. The summed E-state index contributed by atoms with van der Waals surface area (Å²) in [7, 11) is -5.95. The van der Waals surface area contributed by atoms with E-state index in [-0.39, 0.29) is 0 Å². The average molecular weight is 203 g/mol. The summed E-state index contributed by atoms with van der Waals surface area (Å²) >= 11 is 0. The molecule has 0 heterocycles. The maximum atomic E-state index is 10.7. The van der Waals surface area contributed by atoms with Crippen LogP contribution >= 0.6 is 0 Å². The molecule has 0 unspecified atom stereocenters. The van der Waals surface area contributed by atoms with E-state index >= 15 is 0 Å². The molecule has 0 radical (unpaired) electrons. The first kappa shape index (κ1) is 10.8. The number of nitrogens with zero attached hydrogens (tertiary/aromatic N) is 1. The van der Waals surface area contributed by atoms with Crippen LogP contribution in [0, 0.1) is 0 Å².